The first kappa shape index (κ1) is 8.76. The summed E-state index contributed by atoms with van der Waals surface area (Å²) in [5.41, 5.74) is 6.45. The van der Waals surface area contributed by atoms with Gasteiger partial charge in [-0.25, -0.2) is 4.68 Å². The van der Waals surface area contributed by atoms with Crippen LogP contribution < -0.4 is 10.6 Å². The Kier molecular flexibility index (Phi) is 1.74. The van der Waals surface area contributed by atoms with Gasteiger partial charge in [-0.1, -0.05) is 0 Å². The van der Waals surface area contributed by atoms with Crippen molar-refractivity contribution in [3.05, 3.63) is 6.20 Å². The highest BCUT2D eigenvalue weighted by Gasteiger charge is 2.36. The van der Waals surface area contributed by atoms with Gasteiger partial charge in [0, 0.05) is 19.0 Å². The van der Waals surface area contributed by atoms with Crippen LogP contribution in [0.1, 0.15) is 19.3 Å². The van der Waals surface area contributed by atoms with Gasteiger partial charge in [0.05, 0.1) is 11.9 Å². The molecular formula is C10H14N4O. The van der Waals surface area contributed by atoms with E-state index in [-0.39, 0.29) is 11.8 Å². The van der Waals surface area contributed by atoms with Crippen molar-refractivity contribution >= 4 is 17.4 Å². The first-order valence-electron chi connectivity index (χ1n) is 5.40. The van der Waals surface area contributed by atoms with Gasteiger partial charge in [0.15, 0.2) is 5.82 Å². The fourth-order valence-corrected chi connectivity index (χ4v) is 2.10. The van der Waals surface area contributed by atoms with Crippen molar-refractivity contribution in [1.29, 1.82) is 0 Å². The second-order valence-electron chi connectivity index (χ2n) is 4.26. The van der Waals surface area contributed by atoms with Crippen LogP contribution in [0.2, 0.25) is 0 Å². The molecule has 2 N–H and O–H groups in total. The van der Waals surface area contributed by atoms with Crippen molar-refractivity contribution in [2.75, 3.05) is 17.2 Å². The Bertz CT molecular complexity index is 408. The van der Waals surface area contributed by atoms with Crippen molar-refractivity contribution in [2.24, 2.45) is 5.92 Å². The summed E-state index contributed by atoms with van der Waals surface area (Å²) in [5.74, 6) is 1.27. The van der Waals surface area contributed by atoms with Gasteiger partial charge < -0.3 is 5.73 Å². The number of hydrogen-bond donors (Lipinski definition) is 1. The lowest BCUT2D eigenvalue weighted by atomic mass is 10.2. The molecule has 0 radical (unpaired) electrons. The lowest BCUT2D eigenvalue weighted by Crippen LogP contribution is -2.38. The lowest BCUT2D eigenvalue weighted by molar-refractivity contribution is -0.120. The summed E-state index contributed by atoms with van der Waals surface area (Å²) in [6.07, 6.45) is 4.66. The normalized spacial score (nSPS) is 20.1. The van der Waals surface area contributed by atoms with Gasteiger partial charge in [-0.3, -0.25) is 9.69 Å². The van der Waals surface area contributed by atoms with E-state index in [2.05, 4.69) is 5.10 Å². The first-order chi connectivity index (χ1) is 7.27. The Morgan fingerprint density at radius 1 is 1.47 bits per heavy atom. The number of nitrogens with two attached hydrogens (primary N) is 1. The molecule has 5 nitrogen and oxygen atoms in total. The molecule has 3 rings (SSSR count). The second-order valence-corrected chi connectivity index (χ2v) is 4.26. The third-order valence-electron chi connectivity index (χ3n) is 3.04. The first-order valence-corrected chi connectivity index (χ1v) is 5.40. The summed E-state index contributed by atoms with van der Waals surface area (Å²) in [7, 11) is 0. The van der Waals surface area contributed by atoms with Crippen molar-refractivity contribution in [3.63, 3.8) is 0 Å². The zero-order valence-electron chi connectivity index (χ0n) is 8.52. The van der Waals surface area contributed by atoms with Crippen LogP contribution in [0.25, 0.3) is 0 Å². The maximum absolute atomic E-state index is 12.0. The van der Waals surface area contributed by atoms with Gasteiger partial charge >= 0.3 is 0 Å². The van der Waals surface area contributed by atoms with E-state index in [4.69, 9.17) is 5.73 Å². The van der Waals surface area contributed by atoms with Gasteiger partial charge in [0.1, 0.15) is 0 Å². The average molecular weight is 206 g/mol. The molecule has 0 aromatic carbocycles. The molecule has 2 heterocycles. The minimum Gasteiger partial charge on any atom is -0.394 e. The number of hydrogen-bond acceptors (Lipinski definition) is 3. The van der Waals surface area contributed by atoms with Gasteiger partial charge in [0.25, 0.3) is 0 Å². The molecule has 0 bridgehead atoms. The fraction of sp³-hybridized carbons (Fsp3) is 0.600. The largest absolute Gasteiger partial charge is 0.394 e. The molecule has 15 heavy (non-hydrogen) atoms. The maximum Gasteiger partial charge on any atom is 0.231 e. The minimum absolute atomic E-state index is 0.225. The van der Waals surface area contributed by atoms with Crippen molar-refractivity contribution in [3.8, 4) is 0 Å². The van der Waals surface area contributed by atoms with E-state index in [1.54, 1.807) is 6.20 Å². The third-order valence-corrected chi connectivity index (χ3v) is 3.04. The third kappa shape index (κ3) is 1.30. The van der Waals surface area contributed by atoms with Crippen LogP contribution in [-0.2, 0) is 11.3 Å². The van der Waals surface area contributed by atoms with E-state index < -0.39 is 0 Å². The Labute approximate surface area is 87.8 Å². The number of aryl methyl sites for hydroxylation is 1. The molecule has 1 saturated carbocycles. The minimum atomic E-state index is 0.225. The number of fused-ring (bicyclic) bond motifs is 1. The number of nitrogens with zero attached hydrogens (tertiary/aromatic N) is 3. The van der Waals surface area contributed by atoms with Crippen LogP contribution in [0.4, 0.5) is 11.5 Å². The Hall–Kier alpha value is -1.52. The Morgan fingerprint density at radius 2 is 2.27 bits per heavy atom. The molecule has 1 fully saturated rings. The van der Waals surface area contributed by atoms with Gasteiger partial charge in [-0.15, -0.1) is 0 Å². The summed E-state index contributed by atoms with van der Waals surface area (Å²) < 4.78 is 1.83. The van der Waals surface area contributed by atoms with E-state index >= 15 is 0 Å². The quantitative estimate of drug-likeness (QED) is 0.732. The molecule has 2 aliphatic rings. The smallest absolute Gasteiger partial charge is 0.231 e. The molecule has 1 amide bonds. The number of carbonyl (C=O) groups is 1. The molecule has 1 aromatic rings. The summed E-state index contributed by atoms with van der Waals surface area (Å²) in [6.45, 7) is 1.65. The van der Waals surface area contributed by atoms with Crippen LogP contribution in [0.15, 0.2) is 6.20 Å². The zero-order chi connectivity index (χ0) is 10.4. The van der Waals surface area contributed by atoms with E-state index in [1.807, 2.05) is 9.58 Å². The standard InChI is InChI=1S/C10H14N4O/c11-8-6-12-14-5-1-4-13(9(8)14)10(15)7-2-3-7/h6-7H,1-5,11H2. The molecule has 1 aliphatic carbocycles. The van der Waals surface area contributed by atoms with Gasteiger partial charge in [-0.05, 0) is 19.3 Å². The predicted octanol–water partition coefficient (Wildman–Crippen LogP) is 0.612. The number of anilines is 2. The topological polar surface area (TPSA) is 64.2 Å². The lowest BCUT2D eigenvalue weighted by Gasteiger charge is -2.28. The Balaban J connectivity index is 1.97. The SMILES string of the molecule is Nc1cnn2c1N(C(=O)C1CC1)CCC2. The van der Waals surface area contributed by atoms with E-state index in [0.717, 1.165) is 38.2 Å². The van der Waals surface area contributed by atoms with E-state index in [0.29, 0.717) is 5.69 Å². The van der Waals surface area contributed by atoms with Crippen LogP contribution >= 0.6 is 0 Å². The molecule has 5 heteroatoms. The number of aromatic nitrogens is 2. The van der Waals surface area contributed by atoms with Crippen LogP contribution in [0.5, 0.6) is 0 Å². The number of rotatable bonds is 1. The van der Waals surface area contributed by atoms with Crippen molar-refractivity contribution in [2.45, 2.75) is 25.8 Å². The summed E-state index contributed by atoms with van der Waals surface area (Å²) >= 11 is 0. The number of nitrogen functional groups attached to an aromatic ring is 1. The maximum atomic E-state index is 12.0. The van der Waals surface area contributed by atoms with Crippen molar-refractivity contribution in [1.82, 2.24) is 9.78 Å². The molecule has 0 spiro atoms. The highest BCUT2D eigenvalue weighted by Crippen LogP contribution is 2.35. The van der Waals surface area contributed by atoms with Gasteiger partial charge in [-0.2, -0.15) is 5.10 Å². The molecule has 1 aliphatic heterocycles. The predicted molar refractivity (Wildman–Crippen MR) is 56.3 cm³/mol. The molecule has 0 atom stereocenters. The fourth-order valence-electron chi connectivity index (χ4n) is 2.10. The van der Waals surface area contributed by atoms with Crippen LogP contribution in [-0.4, -0.2) is 22.2 Å². The second kappa shape index (κ2) is 2.98. The zero-order valence-corrected chi connectivity index (χ0v) is 8.52. The van der Waals surface area contributed by atoms with E-state index in [9.17, 15) is 4.79 Å². The van der Waals surface area contributed by atoms with Crippen LogP contribution in [0.3, 0.4) is 0 Å². The number of carbonyl (C=O) groups excluding carboxylic acids is 1. The monoisotopic (exact) mass is 206 g/mol. The molecule has 80 valence electrons. The average Bonchev–Trinajstić information content (AvgIpc) is 3.03. The Morgan fingerprint density at radius 3 is 3.00 bits per heavy atom. The number of amides is 1. The summed E-state index contributed by atoms with van der Waals surface area (Å²) in [5, 5.41) is 4.17. The van der Waals surface area contributed by atoms with Crippen molar-refractivity contribution < 1.29 is 4.79 Å². The molecular weight excluding hydrogens is 192 g/mol. The van der Waals surface area contributed by atoms with Gasteiger partial charge in [0.2, 0.25) is 5.91 Å². The molecule has 0 saturated heterocycles. The summed E-state index contributed by atoms with van der Waals surface area (Å²) in [6, 6.07) is 0. The highest BCUT2D eigenvalue weighted by molar-refractivity contribution is 5.98. The summed E-state index contributed by atoms with van der Waals surface area (Å²) in [4.78, 5) is 13.8. The van der Waals surface area contributed by atoms with E-state index in [1.165, 1.54) is 0 Å². The molecule has 0 unspecified atom stereocenters. The highest BCUT2D eigenvalue weighted by atomic mass is 16.2. The molecule has 1 aromatic heterocycles. The van der Waals surface area contributed by atoms with Crippen LogP contribution in [0, 0.1) is 5.92 Å².